The largest absolute Gasteiger partial charge is 0.479 e. The van der Waals surface area contributed by atoms with Crippen LogP contribution in [0.15, 0.2) is 54.6 Å². The molecule has 2 aromatic rings. The summed E-state index contributed by atoms with van der Waals surface area (Å²) in [5.74, 6) is -3.66. The van der Waals surface area contributed by atoms with Gasteiger partial charge >= 0.3 is 17.9 Å². The molecule has 194 valence electrons. The Morgan fingerprint density at radius 1 is 0.917 bits per heavy atom. The average molecular weight is 505 g/mol. The van der Waals surface area contributed by atoms with Crippen LogP contribution in [-0.2, 0) is 19.1 Å². The van der Waals surface area contributed by atoms with Crippen molar-refractivity contribution in [1.29, 1.82) is 0 Å². The zero-order valence-corrected chi connectivity index (χ0v) is 19.4. The van der Waals surface area contributed by atoms with E-state index in [0.717, 1.165) is 38.0 Å². The predicted molar refractivity (Wildman–Crippen MR) is 126 cm³/mol. The number of fused-ring (bicyclic) bond motifs is 3. The molecule has 3 saturated heterocycles. The number of piperidine rings is 3. The number of aliphatic hydroxyl groups excluding tert-OH is 2. The summed E-state index contributed by atoms with van der Waals surface area (Å²) in [6.45, 7) is 3.04. The van der Waals surface area contributed by atoms with Crippen LogP contribution in [0.4, 0.5) is 10.1 Å². The number of hydrogen-bond donors (Lipinski definition) is 5. The lowest BCUT2D eigenvalue weighted by molar-refractivity contribution is -0.165. The molecular weight excluding hydrogens is 475 g/mol. The van der Waals surface area contributed by atoms with E-state index in [1.54, 1.807) is 12.1 Å². The molecule has 0 aliphatic carbocycles. The monoisotopic (exact) mass is 504 g/mol. The van der Waals surface area contributed by atoms with Gasteiger partial charge in [-0.1, -0.05) is 30.3 Å². The first-order chi connectivity index (χ1) is 17.2. The highest BCUT2D eigenvalue weighted by molar-refractivity contribution is 5.83. The van der Waals surface area contributed by atoms with Crippen LogP contribution < -0.4 is 5.32 Å². The number of nitrogens with zero attached hydrogens (tertiary/aromatic N) is 1. The number of hydrogen-bond acceptors (Lipinski definition) is 8. The summed E-state index contributed by atoms with van der Waals surface area (Å²) in [4.78, 5) is 34.9. The molecule has 3 aliphatic rings. The van der Waals surface area contributed by atoms with E-state index in [1.165, 1.54) is 12.1 Å². The Kier molecular flexibility index (Phi) is 9.34. The van der Waals surface area contributed by atoms with Crippen molar-refractivity contribution in [2.45, 2.75) is 37.2 Å². The molecule has 11 heteroatoms. The highest BCUT2D eigenvalue weighted by atomic mass is 19.1. The van der Waals surface area contributed by atoms with Gasteiger partial charge in [-0.05, 0) is 61.7 Å². The molecule has 2 bridgehead atoms. The Morgan fingerprint density at radius 3 is 1.94 bits per heavy atom. The smallest absolute Gasteiger partial charge is 0.335 e. The van der Waals surface area contributed by atoms with Crippen molar-refractivity contribution in [3.63, 3.8) is 0 Å². The van der Waals surface area contributed by atoms with Crippen molar-refractivity contribution in [1.82, 2.24) is 4.90 Å². The number of benzene rings is 2. The molecule has 10 nitrogen and oxygen atoms in total. The molecule has 2 aromatic carbocycles. The van der Waals surface area contributed by atoms with Gasteiger partial charge in [-0.25, -0.2) is 18.8 Å². The fourth-order valence-electron chi connectivity index (χ4n) is 4.17. The van der Waals surface area contributed by atoms with E-state index in [9.17, 15) is 18.8 Å². The van der Waals surface area contributed by atoms with Gasteiger partial charge < -0.3 is 30.5 Å². The number of carboxylic acid groups (broad SMARTS) is 2. The van der Waals surface area contributed by atoms with Gasteiger partial charge in [-0.15, -0.1) is 0 Å². The fourth-order valence-corrected chi connectivity index (χ4v) is 4.17. The maximum atomic E-state index is 13.2. The van der Waals surface area contributed by atoms with E-state index < -0.39 is 30.2 Å². The van der Waals surface area contributed by atoms with Gasteiger partial charge in [0.2, 0.25) is 0 Å². The normalized spacial score (nSPS) is 22.8. The lowest BCUT2D eigenvalue weighted by Crippen LogP contribution is -2.52. The third kappa shape index (κ3) is 7.23. The number of ether oxygens (including phenoxy) is 1. The lowest BCUT2D eigenvalue weighted by Gasteiger charge is -2.44. The SMILES string of the molecule is O=C(O)[C@@H](O)[C@H](O)C(=O)O.O=C(O[C@H]1CN2CCC1CC2)[C@H](Nc1ccc(F)cc1)c1ccccc1. The first-order valence-corrected chi connectivity index (χ1v) is 11.5. The second-order valence-electron chi connectivity index (χ2n) is 8.67. The summed E-state index contributed by atoms with van der Waals surface area (Å²) >= 11 is 0. The van der Waals surface area contributed by atoms with E-state index in [-0.39, 0.29) is 17.9 Å². The molecule has 0 radical (unpaired) electrons. The molecular formula is C25H29FN2O8. The second kappa shape index (κ2) is 12.4. The first-order valence-electron chi connectivity index (χ1n) is 11.5. The molecule has 5 N–H and O–H groups in total. The molecule has 0 unspecified atom stereocenters. The Labute approximate surface area is 206 Å². The third-order valence-corrected chi connectivity index (χ3v) is 6.19. The topological polar surface area (TPSA) is 157 Å². The van der Waals surface area contributed by atoms with E-state index in [1.807, 2.05) is 30.3 Å². The van der Waals surface area contributed by atoms with Crippen LogP contribution in [0.2, 0.25) is 0 Å². The van der Waals surface area contributed by atoms with Gasteiger partial charge in [0.15, 0.2) is 18.2 Å². The van der Waals surface area contributed by atoms with E-state index >= 15 is 0 Å². The van der Waals surface area contributed by atoms with Gasteiger partial charge in [0.1, 0.15) is 11.9 Å². The Morgan fingerprint density at radius 2 is 1.47 bits per heavy atom. The molecule has 3 heterocycles. The standard InChI is InChI=1S/C21H23FN2O2.C4H6O6/c22-17-6-8-18(9-7-17)23-20(16-4-2-1-3-5-16)21(25)26-19-14-24-12-10-15(19)11-13-24;5-1(3(7)8)2(6)4(9)10/h1-9,15,19-20,23H,10-14H2;1-2,5-6H,(H,7,8)(H,9,10)/t19-,20+;1-,2-/m00/s1. The average Bonchev–Trinajstić information content (AvgIpc) is 2.88. The Balaban J connectivity index is 0.000000308. The molecule has 0 saturated carbocycles. The van der Waals surface area contributed by atoms with Crippen molar-refractivity contribution in [3.8, 4) is 0 Å². The number of esters is 1. The molecule has 3 aliphatic heterocycles. The Hall–Kier alpha value is -3.54. The van der Waals surface area contributed by atoms with Crippen molar-refractivity contribution < 1.29 is 43.9 Å². The number of carbonyl (C=O) groups is 3. The number of nitrogens with one attached hydrogen (secondary N) is 1. The summed E-state index contributed by atoms with van der Waals surface area (Å²) in [5.41, 5.74) is 1.52. The van der Waals surface area contributed by atoms with Crippen LogP contribution in [-0.4, -0.2) is 81.2 Å². The minimum atomic E-state index is -2.27. The highest BCUT2D eigenvalue weighted by Crippen LogP contribution is 2.31. The molecule has 0 aromatic heterocycles. The van der Waals surface area contributed by atoms with Crippen molar-refractivity contribution in [2.24, 2.45) is 5.92 Å². The number of rotatable bonds is 8. The third-order valence-electron chi connectivity index (χ3n) is 6.19. The van der Waals surface area contributed by atoms with Gasteiger partial charge in [-0.3, -0.25) is 4.90 Å². The number of aliphatic carboxylic acids is 2. The molecule has 0 amide bonds. The molecule has 36 heavy (non-hydrogen) atoms. The van der Waals surface area contributed by atoms with Gasteiger partial charge in [-0.2, -0.15) is 0 Å². The number of aliphatic hydroxyl groups is 2. The molecule has 4 atom stereocenters. The van der Waals surface area contributed by atoms with Gasteiger partial charge in [0.05, 0.1) is 0 Å². The van der Waals surface area contributed by atoms with Gasteiger partial charge in [0.25, 0.3) is 0 Å². The summed E-state index contributed by atoms with van der Waals surface area (Å²) in [6.07, 6.45) is -2.38. The van der Waals surface area contributed by atoms with E-state index in [2.05, 4.69) is 10.2 Å². The zero-order chi connectivity index (χ0) is 26.2. The van der Waals surface area contributed by atoms with Crippen LogP contribution in [0.5, 0.6) is 0 Å². The summed E-state index contributed by atoms with van der Waals surface area (Å²) in [5, 5.41) is 35.7. The molecule has 0 spiro atoms. The zero-order valence-electron chi connectivity index (χ0n) is 19.4. The summed E-state index contributed by atoms with van der Waals surface area (Å²) < 4.78 is 19.1. The summed E-state index contributed by atoms with van der Waals surface area (Å²) in [7, 11) is 0. The molecule has 5 rings (SSSR count). The lowest BCUT2D eigenvalue weighted by atomic mass is 9.86. The van der Waals surface area contributed by atoms with E-state index in [0.29, 0.717) is 11.6 Å². The van der Waals surface area contributed by atoms with Crippen molar-refractivity contribution in [3.05, 3.63) is 66.0 Å². The van der Waals surface area contributed by atoms with Crippen molar-refractivity contribution >= 4 is 23.6 Å². The van der Waals surface area contributed by atoms with Crippen LogP contribution >= 0.6 is 0 Å². The Bertz CT molecular complexity index is 1010. The van der Waals surface area contributed by atoms with E-state index in [4.69, 9.17) is 25.2 Å². The van der Waals surface area contributed by atoms with Crippen LogP contribution in [0.1, 0.15) is 24.4 Å². The number of carboxylic acids is 2. The second-order valence-corrected chi connectivity index (χ2v) is 8.67. The summed E-state index contributed by atoms with van der Waals surface area (Å²) in [6, 6.07) is 14.9. The van der Waals surface area contributed by atoms with Crippen LogP contribution in [0, 0.1) is 11.7 Å². The molecule has 3 fully saturated rings. The van der Waals surface area contributed by atoms with Crippen LogP contribution in [0.3, 0.4) is 0 Å². The number of anilines is 1. The minimum absolute atomic E-state index is 0.0359. The van der Waals surface area contributed by atoms with Crippen LogP contribution in [0.25, 0.3) is 0 Å². The predicted octanol–water partition coefficient (Wildman–Crippen LogP) is 1.49. The number of carbonyl (C=O) groups excluding carboxylic acids is 1. The minimum Gasteiger partial charge on any atom is -0.479 e. The maximum Gasteiger partial charge on any atom is 0.335 e. The number of halogens is 1. The fraction of sp³-hybridized carbons (Fsp3) is 0.400. The first kappa shape index (κ1) is 27.1. The van der Waals surface area contributed by atoms with Gasteiger partial charge in [0, 0.05) is 12.2 Å². The maximum absolute atomic E-state index is 13.2. The quantitative estimate of drug-likeness (QED) is 0.334. The van der Waals surface area contributed by atoms with Crippen molar-refractivity contribution in [2.75, 3.05) is 25.0 Å². The highest BCUT2D eigenvalue weighted by Gasteiger charge is 2.38.